The van der Waals surface area contributed by atoms with Crippen molar-refractivity contribution in [2.24, 2.45) is 0 Å². The highest BCUT2D eigenvalue weighted by Crippen LogP contribution is 2.02. The fourth-order valence-corrected chi connectivity index (χ4v) is 1.27. The number of hydrogen-bond acceptors (Lipinski definition) is 2. The van der Waals surface area contributed by atoms with E-state index in [-0.39, 0.29) is 24.8 Å². The highest BCUT2D eigenvalue weighted by Gasteiger charge is 2.21. The van der Waals surface area contributed by atoms with Crippen molar-refractivity contribution in [1.29, 1.82) is 0 Å². The van der Waals surface area contributed by atoms with Gasteiger partial charge in [-0.25, -0.2) is 0 Å². The summed E-state index contributed by atoms with van der Waals surface area (Å²) in [6.07, 6.45) is 0. The fraction of sp³-hybridized carbons (Fsp3) is 1.00. The Kier molecular flexibility index (Phi) is 9.15. The molecule has 1 fully saturated rings. The molecular formula is C7H18Cl2N2. The van der Waals surface area contributed by atoms with E-state index in [2.05, 4.69) is 24.1 Å². The van der Waals surface area contributed by atoms with Gasteiger partial charge in [-0.3, -0.25) is 4.90 Å². The summed E-state index contributed by atoms with van der Waals surface area (Å²) in [7, 11) is 0. The molecule has 1 aliphatic rings. The van der Waals surface area contributed by atoms with E-state index in [0.717, 1.165) is 6.04 Å². The largest absolute Gasteiger partial charge is 0.314 e. The number of nitrogens with one attached hydrogen (secondary N) is 1. The molecule has 0 aromatic rings. The second-order valence-electron chi connectivity index (χ2n) is 2.53. The van der Waals surface area contributed by atoms with E-state index in [4.69, 9.17) is 0 Å². The maximum Gasteiger partial charge on any atom is 0.0345 e. The molecule has 0 amide bonds. The zero-order valence-electron chi connectivity index (χ0n) is 7.17. The number of rotatable bonds is 3. The molecule has 0 aromatic carbocycles. The van der Waals surface area contributed by atoms with Gasteiger partial charge in [0.05, 0.1) is 0 Å². The number of halogens is 2. The maximum absolute atomic E-state index is 3.27. The first-order chi connectivity index (χ1) is 4.38. The smallest absolute Gasteiger partial charge is 0.0345 e. The van der Waals surface area contributed by atoms with Crippen molar-refractivity contribution in [1.82, 2.24) is 10.2 Å². The Bertz CT molecular complexity index is 82.5. The first-order valence-corrected chi connectivity index (χ1v) is 3.83. The molecule has 0 atom stereocenters. The Hall–Kier alpha value is 0.500. The standard InChI is InChI=1S/C7H16N2.2ClH/c1-3-9(4-2)7-5-8-6-7;;/h7-8H,3-6H2,1-2H3;2*1H. The van der Waals surface area contributed by atoms with Gasteiger partial charge in [0.1, 0.15) is 0 Å². The van der Waals surface area contributed by atoms with Gasteiger partial charge >= 0.3 is 0 Å². The van der Waals surface area contributed by atoms with Gasteiger partial charge in [-0.2, -0.15) is 0 Å². The van der Waals surface area contributed by atoms with Gasteiger partial charge in [-0.15, -0.1) is 24.8 Å². The minimum absolute atomic E-state index is 0. The van der Waals surface area contributed by atoms with Gasteiger partial charge in [0.25, 0.3) is 0 Å². The van der Waals surface area contributed by atoms with Crippen molar-refractivity contribution in [2.75, 3.05) is 26.2 Å². The van der Waals surface area contributed by atoms with Gasteiger partial charge in [-0.05, 0) is 13.1 Å². The molecule has 1 aliphatic heterocycles. The summed E-state index contributed by atoms with van der Waals surface area (Å²) in [5.41, 5.74) is 0. The predicted molar refractivity (Wildman–Crippen MR) is 54.1 cm³/mol. The topological polar surface area (TPSA) is 15.3 Å². The summed E-state index contributed by atoms with van der Waals surface area (Å²) in [6.45, 7) is 9.23. The monoisotopic (exact) mass is 200 g/mol. The van der Waals surface area contributed by atoms with Crippen LogP contribution in [0.15, 0.2) is 0 Å². The summed E-state index contributed by atoms with van der Waals surface area (Å²) in [6, 6.07) is 0.833. The lowest BCUT2D eigenvalue weighted by molar-refractivity contribution is 0.161. The van der Waals surface area contributed by atoms with Gasteiger partial charge < -0.3 is 5.32 Å². The Morgan fingerprint density at radius 3 is 1.73 bits per heavy atom. The Labute approximate surface area is 81.5 Å². The summed E-state index contributed by atoms with van der Waals surface area (Å²) in [5, 5.41) is 3.27. The minimum Gasteiger partial charge on any atom is -0.314 e. The highest BCUT2D eigenvalue weighted by molar-refractivity contribution is 5.85. The summed E-state index contributed by atoms with van der Waals surface area (Å²) in [5.74, 6) is 0. The average molecular weight is 201 g/mol. The van der Waals surface area contributed by atoms with E-state index in [1.807, 2.05) is 0 Å². The number of hydrogen-bond donors (Lipinski definition) is 1. The minimum atomic E-state index is 0. The van der Waals surface area contributed by atoms with E-state index >= 15 is 0 Å². The highest BCUT2D eigenvalue weighted by atomic mass is 35.5. The predicted octanol–water partition coefficient (Wildman–Crippen LogP) is 1.14. The van der Waals surface area contributed by atoms with Crippen LogP contribution in [0.4, 0.5) is 0 Å². The van der Waals surface area contributed by atoms with Crippen LogP contribution < -0.4 is 5.32 Å². The van der Waals surface area contributed by atoms with Crippen molar-refractivity contribution >= 4 is 24.8 Å². The molecule has 70 valence electrons. The first-order valence-electron chi connectivity index (χ1n) is 3.83. The van der Waals surface area contributed by atoms with Crippen molar-refractivity contribution in [3.05, 3.63) is 0 Å². The maximum atomic E-state index is 3.27. The molecular weight excluding hydrogens is 183 g/mol. The SMILES string of the molecule is CCN(CC)C1CNC1.Cl.Cl. The van der Waals surface area contributed by atoms with Crippen LogP contribution in [0.2, 0.25) is 0 Å². The molecule has 0 aliphatic carbocycles. The van der Waals surface area contributed by atoms with Gasteiger partial charge in [0, 0.05) is 19.1 Å². The summed E-state index contributed by atoms with van der Waals surface area (Å²) in [4.78, 5) is 2.50. The van der Waals surface area contributed by atoms with Crippen LogP contribution in [-0.2, 0) is 0 Å². The van der Waals surface area contributed by atoms with Crippen LogP contribution in [0, 0.1) is 0 Å². The summed E-state index contributed by atoms with van der Waals surface area (Å²) < 4.78 is 0. The number of nitrogens with zero attached hydrogens (tertiary/aromatic N) is 1. The molecule has 2 nitrogen and oxygen atoms in total. The molecule has 0 saturated carbocycles. The third kappa shape index (κ3) is 3.61. The van der Waals surface area contributed by atoms with Crippen molar-refractivity contribution in [2.45, 2.75) is 19.9 Å². The normalized spacial score (nSPS) is 16.6. The lowest BCUT2D eigenvalue weighted by Gasteiger charge is -2.36. The lowest BCUT2D eigenvalue weighted by Crippen LogP contribution is -2.56. The average Bonchev–Trinajstić information content (AvgIpc) is 1.78. The molecule has 0 radical (unpaired) electrons. The van der Waals surface area contributed by atoms with Crippen LogP contribution >= 0.6 is 24.8 Å². The molecule has 0 unspecified atom stereocenters. The van der Waals surface area contributed by atoms with Crippen LogP contribution in [0.5, 0.6) is 0 Å². The van der Waals surface area contributed by atoms with E-state index < -0.39 is 0 Å². The lowest BCUT2D eigenvalue weighted by atomic mass is 10.1. The van der Waals surface area contributed by atoms with Crippen molar-refractivity contribution in [3.63, 3.8) is 0 Å². The van der Waals surface area contributed by atoms with Gasteiger partial charge in [0.2, 0.25) is 0 Å². The van der Waals surface area contributed by atoms with E-state index in [1.165, 1.54) is 26.2 Å². The molecule has 1 rings (SSSR count). The zero-order valence-corrected chi connectivity index (χ0v) is 8.80. The van der Waals surface area contributed by atoms with E-state index in [1.54, 1.807) is 0 Å². The van der Waals surface area contributed by atoms with Crippen LogP contribution in [0.25, 0.3) is 0 Å². The Morgan fingerprint density at radius 2 is 1.64 bits per heavy atom. The fourth-order valence-electron chi connectivity index (χ4n) is 1.27. The molecule has 1 saturated heterocycles. The van der Waals surface area contributed by atoms with Gasteiger partial charge in [0.15, 0.2) is 0 Å². The Morgan fingerprint density at radius 1 is 1.18 bits per heavy atom. The van der Waals surface area contributed by atoms with Crippen LogP contribution in [0.1, 0.15) is 13.8 Å². The molecule has 4 heteroatoms. The molecule has 11 heavy (non-hydrogen) atoms. The molecule has 0 aromatic heterocycles. The molecule has 1 heterocycles. The van der Waals surface area contributed by atoms with Gasteiger partial charge in [-0.1, -0.05) is 13.8 Å². The molecule has 0 bridgehead atoms. The quantitative estimate of drug-likeness (QED) is 0.736. The van der Waals surface area contributed by atoms with Crippen molar-refractivity contribution in [3.8, 4) is 0 Å². The van der Waals surface area contributed by atoms with E-state index in [0.29, 0.717) is 0 Å². The van der Waals surface area contributed by atoms with E-state index in [9.17, 15) is 0 Å². The van der Waals surface area contributed by atoms with Crippen LogP contribution in [-0.4, -0.2) is 37.1 Å². The third-order valence-corrected chi connectivity index (χ3v) is 2.09. The Balaban J connectivity index is 0. The zero-order chi connectivity index (χ0) is 6.69. The second-order valence-corrected chi connectivity index (χ2v) is 2.53. The summed E-state index contributed by atoms with van der Waals surface area (Å²) >= 11 is 0. The molecule has 0 spiro atoms. The molecule has 1 N–H and O–H groups in total. The number of likely N-dealkylation sites (N-methyl/N-ethyl adjacent to an activating group) is 1. The van der Waals surface area contributed by atoms with Crippen LogP contribution in [0.3, 0.4) is 0 Å². The third-order valence-electron chi connectivity index (χ3n) is 2.09. The first kappa shape index (κ1) is 14.0. The second kappa shape index (κ2) is 7.17. The van der Waals surface area contributed by atoms with Crippen molar-refractivity contribution < 1.29 is 0 Å².